The first-order chi connectivity index (χ1) is 4.66. The minimum Gasteiger partial charge on any atom is -0.325 e. The Morgan fingerprint density at radius 3 is 1.90 bits per heavy atom. The Labute approximate surface area is 60.3 Å². The van der Waals surface area contributed by atoms with E-state index in [0.717, 1.165) is 19.6 Å². The van der Waals surface area contributed by atoms with Crippen LogP contribution in [-0.2, 0) is 14.2 Å². The van der Waals surface area contributed by atoms with Crippen LogP contribution in [0.15, 0.2) is 0 Å². The normalized spacial score (nSPS) is 34.2. The van der Waals surface area contributed by atoms with Gasteiger partial charge >= 0.3 is 5.97 Å². The number of hydrogen-bond acceptors (Lipinski definition) is 3. The van der Waals surface area contributed by atoms with Gasteiger partial charge in [-0.05, 0) is 20.3 Å². The Morgan fingerprint density at radius 2 is 1.60 bits per heavy atom. The maximum Gasteiger partial charge on any atom is 0.314 e. The third kappa shape index (κ3) is 0.713. The summed E-state index contributed by atoms with van der Waals surface area (Å²) in [6.07, 6.45) is 0.973. The molecule has 1 spiro atoms. The molecule has 2 rings (SSSR count). The predicted molar refractivity (Wildman–Crippen MR) is 34.4 cm³/mol. The zero-order valence-corrected chi connectivity index (χ0v) is 6.35. The van der Waals surface area contributed by atoms with Crippen molar-refractivity contribution in [1.29, 1.82) is 0 Å². The van der Waals surface area contributed by atoms with Crippen LogP contribution in [0.3, 0.4) is 0 Å². The van der Waals surface area contributed by atoms with Gasteiger partial charge in [-0.1, -0.05) is 0 Å². The molecule has 2 saturated heterocycles. The molecule has 0 amide bonds. The Balaban J connectivity index is 2.05. The highest BCUT2D eigenvalue weighted by Gasteiger charge is 2.68. The number of rotatable bonds is 0. The topological polar surface area (TPSA) is 31.0 Å². The summed E-state index contributed by atoms with van der Waals surface area (Å²) in [7, 11) is 0. The van der Waals surface area contributed by atoms with Gasteiger partial charge in [0.15, 0.2) is 0 Å². The van der Waals surface area contributed by atoms with Crippen molar-refractivity contribution in [1.82, 2.24) is 0 Å². The van der Waals surface area contributed by atoms with Crippen molar-refractivity contribution >= 4 is 0 Å². The van der Waals surface area contributed by atoms with E-state index in [1.807, 2.05) is 13.8 Å². The van der Waals surface area contributed by atoms with E-state index >= 15 is 0 Å². The SMILES string of the molecule is CC1(C)OC12OCCCO2. The lowest BCUT2D eigenvalue weighted by Gasteiger charge is -2.21. The van der Waals surface area contributed by atoms with Crippen molar-refractivity contribution in [2.45, 2.75) is 31.8 Å². The summed E-state index contributed by atoms with van der Waals surface area (Å²) >= 11 is 0. The van der Waals surface area contributed by atoms with Gasteiger partial charge in [0.05, 0.1) is 13.2 Å². The molecule has 0 aromatic heterocycles. The fourth-order valence-electron chi connectivity index (χ4n) is 1.23. The second kappa shape index (κ2) is 1.72. The summed E-state index contributed by atoms with van der Waals surface area (Å²) < 4.78 is 16.0. The molecule has 3 nitrogen and oxygen atoms in total. The van der Waals surface area contributed by atoms with E-state index in [2.05, 4.69) is 0 Å². The Hall–Kier alpha value is -0.120. The van der Waals surface area contributed by atoms with Crippen molar-refractivity contribution in [2.75, 3.05) is 13.2 Å². The molecular formula is C7H12O3. The van der Waals surface area contributed by atoms with Gasteiger partial charge in [-0.2, -0.15) is 0 Å². The molecule has 0 atom stereocenters. The number of ether oxygens (including phenoxy) is 3. The van der Waals surface area contributed by atoms with Crippen molar-refractivity contribution in [3.63, 3.8) is 0 Å². The summed E-state index contributed by atoms with van der Waals surface area (Å²) in [6.45, 7) is 5.45. The minimum absolute atomic E-state index is 0.229. The lowest BCUT2D eigenvalue weighted by Crippen LogP contribution is -2.33. The van der Waals surface area contributed by atoms with Crippen LogP contribution >= 0.6 is 0 Å². The molecule has 10 heavy (non-hydrogen) atoms. The van der Waals surface area contributed by atoms with Crippen LogP contribution in [0.5, 0.6) is 0 Å². The zero-order valence-electron chi connectivity index (χ0n) is 6.35. The second-order valence-electron chi connectivity index (χ2n) is 3.22. The van der Waals surface area contributed by atoms with Crippen molar-refractivity contribution in [3.8, 4) is 0 Å². The van der Waals surface area contributed by atoms with Crippen LogP contribution in [0, 0.1) is 0 Å². The molecule has 2 fully saturated rings. The van der Waals surface area contributed by atoms with Gasteiger partial charge in [0.1, 0.15) is 5.60 Å². The van der Waals surface area contributed by atoms with E-state index in [4.69, 9.17) is 14.2 Å². The average molecular weight is 144 g/mol. The molecule has 0 saturated carbocycles. The Morgan fingerprint density at radius 1 is 1.10 bits per heavy atom. The maximum atomic E-state index is 5.35. The minimum atomic E-state index is -0.675. The highest BCUT2D eigenvalue weighted by Crippen LogP contribution is 2.50. The van der Waals surface area contributed by atoms with E-state index in [-0.39, 0.29) is 5.60 Å². The first kappa shape index (κ1) is 6.58. The molecule has 2 aliphatic heterocycles. The summed E-state index contributed by atoms with van der Waals surface area (Å²) in [5.74, 6) is -0.675. The first-order valence-electron chi connectivity index (χ1n) is 3.64. The molecule has 0 aromatic carbocycles. The molecule has 2 heterocycles. The quantitative estimate of drug-likeness (QED) is 0.473. The van der Waals surface area contributed by atoms with E-state index in [9.17, 15) is 0 Å². The fraction of sp³-hybridized carbons (Fsp3) is 1.00. The van der Waals surface area contributed by atoms with Crippen LogP contribution in [0.2, 0.25) is 0 Å². The van der Waals surface area contributed by atoms with Gasteiger partial charge in [0.25, 0.3) is 0 Å². The monoisotopic (exact) mass is 144 g/mol. The molecule has 0 aromatic rings. The molecule has 3 heteroatoms. The fourth-order valence-corrected chi connectivity index (χ4v) is 1.23. The molecule has 58 valence electrons. The largest absolute Gasteiger partial charge is 0.325 e. The Bertz CT molecular complexity index is 147. The van der Waals surface area contributed by atoms with Gasteiger partial charge in [0, 0.05) is 0 Å². The summed E-state index contributed by atoms with van der Waals surface area (Å²) in [5.41, 5.74) is -0.229. The highest BCUT2D eigenvalue weighted by molar-refractivity contribution is 4.97. The standard InChI is InChI=1S/C7H12O3/c1-6(2)7(10-6)8-4-3-5-9-7/h3-5H2,1-2H3. The average Bonchev–Trinajstić information content (AvgIpc) is 2.36. The summed E-state index contributed by atoms with van der Waals surface area (Å²) in [5, 5.41) is 0. The van der Waals surface area contributed by atoms with Crippen LogP contribution < -0.4 is 0 Å². The van der Waals surface area contributed by atoms with E-state index in [1.165, 1.54) is 0 Å². The molecular weight excluding hydrogens is 132 g/mol. The lowest BCUT2D eigenvalue weighted by atomic mass is 10.2. The predicted octanol–water partition coefficient (Wildman–Crippen LogP) is 0.886. The first-order valence-corrected chi connectivity index (χ1v) is 3.64. The van der Waals surface area contributed by atoms with Crippen LogP contribution in [-0.4, -0.2) is 24.8 Å². The van der Waals surface area contributed by atoms with Gasteiger partial charge < -0.3 is 14.2 Å². The molecule has 2 aliphatic rings. The van der Waals surface area contributed by atoms with Crippen molar-refractivity contribution in [3.05, 3.63) is 0 Å². The van der Waals surface area contributed by atoms with E-state index in [0.29, 0.717) is 0 Å². The van der Waals surface area contributed by atoms with Crippen molar-refractivity contribution in [2.24, 2.45) is 0 Å². The van der Waals surface area contributed by atoms with Gasteiger partial charge in [0.2, 0.25) is 0 Å². The maximum absolute atomic E-state index is 5.35. The molecule has 0 bridgehead atoms. The highest BCUT2D eigenvalue weighted by atomic mass is 17.0. The third-order valence-electron chi connectivity index (χ3n) is 1.96. The third-order valence-corrected chi connectivity index (χ3v) is 1.96. The van der Waals surface area contributed by atoms with Crippen LogP contribution in [0.4, 0.5) is 0 Å². The lowest BCUT2D eigenvalue weighted by molar-refractivity contribution is -0.258. The van der Waals surface area contributed by atoms with Crippen molar-refractivity contribution < 1.29 is 14.2 Å². The van der Waals surface area contributed by atoms with Gasteiger partial charge in [-0.3, -0.25) is 0 Å². The van der Waals surface area contributed by atoms with Crippen LogP contribution in [0.25, 0.3) is 0 Å². The molecule has 0 N–H and O–H groups in total. The van der Waals surface area contributed by atoms with Gasteiger partial charge in [-0.15, -0.1) is 0 Å². The van der Waals surface area contributed by atoms with E-state index < -0.39 is 5.97 Å². The number of epoxide rings is 1. The Kier molecular flexibility index (Phi) is 1.14. The van der Waals surface area contributed by atoms with Gasteiger partial charge in [-0.25, -0.2) is 0 Å². The summed E-state index contributed by atoms with van der Waals surface area (Å²) in [4.78, 5) is 0. The molecule has 0 radical (unpaired) electrons. The number of hydrogen-bond donors (Lipinski definition) is 0. The molecule has 0 aliphatic carbocycles. The van der Waals surface area contributed by atoms with E-state index in [1.54, 1.807) is 0 Å². The molecule has 0 unspecified atom stereocenters. The zero-order chi connectivity index (χ0) is 7.24. The van der Waals surface area contributed by atoms with Crippen LogP contribution in [0.1, 0.15) is 20.3 Å². The summed E-state index contributed by atoms with van der Waals surface area (Å²) in [6, 6.07) is 0. The second-order valence-corrected chi connectivity index (χ2v) is 3.22. The smallest absolute Gasteiger partial charge is 0.314 e.